The fourth-order valence-corrected chi connectivity index (χ4v) is 2.64. The van der Waals surface area contributed by atoms with Gasteiger partial charge in [-0.1, -0.05) is 19.4 Å². The van der Waals surface area contributed by atoms with Crippen LogP contribution in [0, 0.1) is 11.3 Å². The van der Waals surface area contributed by atoms with Crippen LogP contribution in [0.5, 0.6) is 11.5 Å². The Morgan fingerprint density at radius 1 is 1.46 bits per heavy atom. The highest BCUT2D eigenvalue weighted by atomic mass is 16.5. The van der Waals surface area contributed by atoms with Crippen molar-refractivity contribution < 1.29 is 19.0 Å². The number of nitriles is 1. The quantitative estimate of drug-likeness (QED) is 0.417. The van der Waals surface area contributed by atoms with E-state index >= 15 is 0 Å². The molecule has 1 aliphatic heterocycles. The average Bonchev–Trinajstić information content (AvgIpc) is 3.18. The predicted molar refractivity (Wildman–Crippen MR) is 99.0 cm³/mol. The third-order valence-electron chi connectivity index (χ3n) is 4.13. The van der Waals surface area contributed by atoms with Gasteiger partial charge in [0.1, 0.15) is 11.6 Å². The Bertz CT molecular complexity index is 673. The molecule has 1 atom stereocenters. The summed E-state index contributed by atoms with van der Waals surface area (Å²) in [4.78, 5) is 12.2. The normalized spacial score (nSPS) is 16.8. The van der Waals surface area contributed by atoms with Gasteiger partial charge in [0.2, 0.25) is 0 Å². The number of amides is 1. The minimum absolute atomic E-state index is 0.0403. The standard InChI is InChI=1S/C20H26N2O4/c1-3-4-9-26-18-8-7-15(12-19(18)24-2)11-16(13-21)20(23)22-14-17-6-5-10-25-17/h7-8,11-12,17H,3-6,9-10,14H2,1-2H3,(H,22,23). The molecule has 0 bridgehead atoms. The van der Waals surface area contributed by atoms with Crippen molar-refractivity contribution in [2.24, 2.45) is 0 Å². The number of nitrogens with zero attached hydrogens (tertiary/aromatic N) is 1. The molecular weight excluding hydrogens is 332 g/mol. The molecule has 6 heteroatoms. The summed E-state index contributed by atoms with van der Waals surface area (Å²) in [7, 11) is 1.56. The van der Waals surface area contributed by atoms with Crippen LogP contribution >= 0.6 is 0 Å². The molecule has 1 aromatic rings. The zero-order chi connectivity index (χ0) is 18.8. The number of benzene rings is 1. The molecule has 1 aliphatic rings. The van der Waals surface area contributed by atoms with Crippen LogP contribution in [0.15, 0.2) is 23.8 Å². The summed E-state index contributed by atoms with van der Waals surface area (Å²) in [5, 5.41) is 12.1. The zero-order valence-corrected chi connectivity index (χ0v) is 15.4. The summed E-state index contributed by atoms with van der Waals surface area (Å²) in [6.07, 6.45) is 5.54. The first-order valence-corrected chi connectivity index (χ1v) is 9.00. The highest BCUT2D eigenvalue weighted by molar-refractivity contribution is 6.01. The maximum absolute atomic E-state index is 12.2. The van der Waals surface area contributed by atoms with E-state index in [4.69, 9.17) is 14.2 Å². The van der Waals surface area contributed by atoms with E-state index in [1.807, 2.05) is 6.07 Å². The van der Waals surface area contributed by atoms with E-state index in [9.17, 15) is 10.1 Å². The molecule has 26 heavy (non-hydrogen) atoms. The molecule has 1 N–H and O–H groups in total. The molecule has 1 aromatic carbocycles. The van der Waals surface area contributed by atoms with Gasteiger partial charge in [0.25, 0.3) is 5.91 Å². The molecule has 0 saturated carbocycles. The molecular formula is C20H26N2O4. The summed E-state index contributed by atoms with van der Waals surface area (Å²) in [5.74, 6) is 0.830. The van der Waals surface area contributed by atoms with Crippen LogP contribution < -0.4 is 14.8 Å². The second-order valence-electron chi connectivity index (χ2n) is 6.13. The Morgan fingerprint density at radius 3 is 2.96 bits per heavy atom. The Labute approximate surface area is 154 Å². The van der Waals surface area contributed by atoms with Crippen molar-refractivity contribution in [1.29, 1.82) is 5.26 Å². The van der Waals surface area contributed by atoms with E-state index in [0.717, 1.165) is 32.3 Å². The van der Waals surface area contributed by atoms with Crippen LogP contribution in [-0.4, -0.2) is 38.9 Å². The lowest BCUT2D eigenvalue weighted by atomic mass is 10.1. The van der Waals surface area contributed by atoms with Crippen LogP contribution in [-0.2, 0) is 9.53 Å². The number of carbonyl (C=O) groups is 1. The number of methoxy groups -OCH3 is 1. The number of ether oxygens (including phenoxy) is 3. The lowest BCUT2D eigenvalue weighted by Gasteiger charge is -2.12. The van der Waals surface area contributed by atoms with Crippen molar-refractivity contribution in [2.45, 2.75) is 38.7 Å². The smallest absolute Gasteiger partial charge is 0.262 e. The number of hydrogen-bond acceptors (Lipinski definition) is 5. The first-order valence-electron chi connectivity index (χ1n) is 9.00. The Kier molecular flexibility index (Phi) is 7.97. The van der Waals surface area contributed by atoms with Gasteiger partial charge in [-0.25, -0.2) is 0 Å². The number of rotatable bonds is 9. The van der Waals surface area contributed by atoms with Crippen LogP contribution in [0.3, 0.4) is 0 Å². The number of nitrogens with one attached hydrogen (secondary N) is 1. The van der Waals surface area contributed by atoms with Gasteiger partial charge < -0.3 is 19.5 Å². The summed E-state index contributed by atoms with van der Waals surface area (Å²) in [6, 6.07) is 7.30. The Hall–Kier alpha value is -2.52. The summed E-state index contributed by atoms with van der Waals surface area (Å²) >= 11 is 0. The van der Waals surface area contributed by atoms with E-state index in [-0.39, 0.29) is 11.7 Å². The summed E-state index contributed by atoms with van der Waals surface area (Å²) in [6.45, 7) is 3.87. The molecule has 0 radical (unpaired) electrons. The van der Waals surface area contributed by atoms with Gasteiger partial charge in [0.05, 0.1) is 19.8 Å². The molecule has 140 valence electrons. The lowest BCUT2D eigenvalue weighted by Crippen LogP contribution is -2.32. The van der Waals surface area contributed by atoms with E-state index in [1.165, 1.54) is 0 Å². The average molecular weight is 358 g/mol. The van der Waals surface area contributed by atoms with Gasteiger partial charge >= 0.3 is 0 Å². The van der Waals surface area contributed by atoms with Crippen LogP contribution in [0.2, 0.25) is 0 Å². The van der Waals surface area contributed by atoms with Crippen molar-refractivity contribution in [1.82, 2.24) is 5.32 Å². The molecule has 1 fully saturated rings. The fourth-order valence-electron chi connectivity index (χ4n) is 2.64. The SMILES string of the molecule is CCCCOc1ccc(C=C(C#N)C(=O)NCC2CCCO2)cc1OC. The summed E-state index contributed by atoms with van der Waals surface area (Å²) < 4.78 is 16.5. The molecule has 6 nitrogen and oxygen atoms in total. The third-order valence-corrected chi connectivity index (χ3v) is 4.13. The summed E-state index contributed by atoms with van der Waals surface area (Å²) in [5.41, 5.74) is 0.748. The largest absolute Gasteiger partial charge is 0.493 e. The van der Waals surface area contributed by atoms with Crippen LogP contribution in [0.4, 0.5) is 0 Å². The number of carbonyl (C=O) groups excluding carboxylic acids is 1. The van der Waals surface area contributed by atoms with Gasteiger partial charge in [0, 0.05) is 13.2 Å². The number of unbranched alkanes of at least 4 members (excludes halogenated alkanes) is 1. The zero-order valence-electron chi connectivity index (χ0n) is 15.4. The van der Waals surface area contributed by atoms with Gasteiger partial charge in [-0.05, 0) is 43.0 Å². The molecule has 0 spiro atoms. The molecule has 0 aromatic heterocycles. The minimum atomic E-state index is -0.398. The Morgan fingerprint density at radius 2 is 2.31 bits per heavy atom. The molecule has 0 aliphatic carbocycles. The van der Waals surface area contributed by atoms with Crippen molar-refractivity contribution in [3.8, 4) is 17.6 Å². The van der Waals surface area contributed by atoms with Crippen LogP contribution in [0.25, 0.3) is 6.08 Å². The Balaban J connectivity index is 2.04. The van der Waals surface area contributed by atoms with Gasteiger partial charge in [-0.15, -0.1) is 0 Å². The van der Waals surface area contributed by atoms with Crippen molar-refractivity contribution >= 4 is 12.0 Å². The fraction of sp³-hybridized carbons (Fsp3) is 0.500. The maximum atomic E-state index is 12.2. The van der Waals surface area contributed by atoms with Crippen molar-refractivity contribution in [2.75, 3.05) is 26.9 Å². The van der Waals surface area contributed by atoms with E-state index < -0.39 is 5.91 Å². The minimum Gasteiger partial charge on any atom is -0.493 e. The van der Waals surface area contributed by atoms with Gasteiger partial charge in [0.15, 0.2) is 11.5 Å². The van der Waals surface area contributed by atoms with E-state index in [0.29, 0.717) is 30.2 Å². The topological polar surface area (TPSA) is 80.6 Å². The highest BCUT2D eigenvalue weighted by Crippen LogP contribution is 2.29. The van der Waals surface area contributed by atoms with Gasteiger partial charge in [-0.3, -0.25) is 4.79 Å². The molecule has 2 rings (SSSR count). The highest BCUT2D eigenvalue weighted by Gasteiger charge is 2.17. The maximum Gasteiger partial charge on any atom is 0.262 e. The van der Waals surface area contributed by atoms with Crippen LogP contribution in [0.1, 0.15) is 38.2 Å². The van der Waals surface area contributed by atoms with Gasteiger partial charge in [-0.2, -0.15) is 5.26 Å². The van der Waals surface area contributed by atoms with Crippen molar-refractivity contribution in [3.63, 3.8) is 0 Å². The monoisotopic (exact) mass is 358 g/mol. The molecule has 1 amide bonds. The molecule has 1 unspecified atom stereocenters. The lowest BCUT2D eigenvalue weighted by molar-refractivity contribution is -0.117. The third kappa shape index (κ3) is 5.78. The van der Waals surface area contributed by atoms with Crippen molar-refractivity contribution in [3.05, 3.63) is 29.3 Å². The predicted octanol–water partition coefficient (Wildman–Crippen LogP) is 3.08. The second kappa shape index (κ2) is 10.5. The first-order chi connectivity index (χ1) is 12.7. The van der Waals surface area contributed by atoms with E-state index in [1.54, 1.807) is 31.4 Å². The second-order valence-corrected chi connectivity index (χ2v) is 6.13. The molecule has 1 saturated heterocycles. The first kappa shape index (κ1) is 19.8. The van der Waals surface area contributed by atoms with E-state index in [2.05, 4.69) is 12.2 Å². The number of hydrogen-bond donors (Lipinski definition) is 1. The molecule has 1 heterocycles.